The fourth-order valence-corrected chi connectivity index (χ4v) is 1.96. The molecule has 0 radical (unpaired) electrons. The fraction of sp³-hybridized carbons (Fsp3) is 0.857. The number of hydrogen-bond acceptors (Lipinski definition) is 5. The van der Waals surface area contributed by atoms with Gasteiger partial charge in [-0.25, -0.2) is 4.79 Å². The second-order valence-corrected chi connectivity index (χ2v) is 6.07. The predicted octanol–water partition coefficient (Wildman–Crippen LogP) is 2.09. The first-order valence-electron chi connectivity index (χ1n) is 7.22. The molecule has 1 saturated heterocycles. The third-order valence-electron chi connectivity index (χ3n) is 3.03. The minimum absolute atomic E-state index is 0.199. The van der Waals surface area contributed by atoms with Gasteiger partial charge < -0.3 is 14.9 Å². The summed E-state index contributed by atoms with van der Waals surface area (Å²) < 4.78 is 5.19. The number of carbonyl (C=O) groups is 2. The Bertz CT molecular complexity index is 331. The molecule has 0 aliphatic carbocycles. The molecule has 1 amide bonds. The minimum atomic E-state index is -0.470. The smallest absolute Gasteiger partial charge is 0.407 e. The van der Waals surface area contributed by atoms with E-state index in [-0.39, 0.29) is 12.1 Å². The molecule has 0 aromatic carbocycles. The number of hydrogen-bond donors (Lipinski definition) is 1. The van der Waals surface area contributed by atoms with Gasteiger partial charge in [0.2, 0.25) is 0 Å². The van der Waals surface area contributed by atoms with Gasteiger partial charge in [0.1, 0.15) is 5.60 Å². The molecule has 1 rings (SSSR count). The summed E-state index contributed by atoms with van der Waals surface area (Å²) in [6.45, 7) is 9.33. The van der Waals surface area contributed by atoms with E-state index >= 15 is 0 Å². The molecular weight excluding hydrogens is 260 g/mol. The third-order valence-corrected chi connectivity index (χ3v) is 3.03. The summed E-state index contributed by atoms with van der Waals surface area (Å²) >= 11 is 0. The van der Waals surface area contributed by atoms with Crippen molar-refractivity contribution in [3.05, 3.63) is 0 Å². The number of nitrogens with one attached hydrogen (secondary N) is 1. The van der Waals surface area contributed by atoms with E-state index in [4.69, 9.17) is 9.57 Å². The number of rotatable bonds is 4. The van der Waals surface area contributed by atoms with Gasteiger partial charge in [-0.15, -0.1) is 5.06 Å². The lowest BCUT2D eigenvalue weighted by atomic mass is 9.98. The van der Waals surface area contributed by atoms with Gasteiger partial charge in [-0.05, 0) is 39.5 Å². The Labute approximate surface area is 120 Å². The Morgan fingerprint density at radius 2 is 1.85 bits per heavy atom. The SMILES string of the molecule is CCC(=O)ON1CCC(CNC(=O)OC(C)(C)C)CC1. The maximum Gasteiger partial charge on any atom is 0.407 e. The Balaban J connectivity index is 2.19. The highest BCUT2D eigenvalue weighted by Gasteiger charge is 2.23. The van der Waals surface area contributed by atoms with Crippen LogP contribution >= 0.6 is 0 Å². The van der Waals surface area contributed by atoms with Gasteiger partial charge in [-0.2, -0.15) is 0 Å². The zero-order valence-corrected chi connectivity index (χ0v) is 12.9. The van der Waals surface area contributed by atoms with Crippen LogP contribution in [0.3, 0.4) is 0 Å². The van der Waals surface area contributed by atoms with Crippen LogP contribution in [0.25, 0.3) is 0 Å². The molecular formula is C14H26N2O4. The number of piperidine rings is 1. The first-order valence-corrected chi connectivity index (χ1v) is 7.22. The lowest BCUT2D eigenvalue weighted by Gasteiger charge is -2.30. The standard InChI is InChI=1S/C14H26N2O4/c1-5-12(17)20-16-8-6-11(7-9-16)10-15-13(18)19-14(2,3)4/h11H,5-10H2,1-4H3,(H,15,18). The van der Waals surface area contributed by atoms with Gasteiger partial charge in [0, 0.05) is 26.1 Å². The van der Waals surface area contributed by atoms with Crippen LogP contribution in [0, 0.1) is 5.92 Å². The Morgan fingerprint density at radius 1 is 1.25 bits per heavy atom. The predicted molar refractivity (Wildman–Crippen MR) is 74.9 cm³/mol. The second kappa shape index (κ2) is 7.47. The summed E-state index contributed by atoms with van der Waals surface area (Å²) in [4.78, 5) is 27.9. The molecule has 0 atom stereocenters. The molecule has 0 bridgehead atoms. The number of carbonyl (C=O) groups excluding carboxylic acids is 2. The van der Waals surface area contributed by atoms with Crippen molar-refractivity contribution in [2.24, 2.45) is 5.92 Å². The minimum Gasteiger partial charge on any atom is -0.444 e. The number of hydroxylamine groups is 2. The zero-order chi connectivity index (χ0) is 15.2. The summed E-state index contributed by atoms with van der Waals surface area (Å²) in [5.74, 6) is 0.203. The van der Waals surface area contributed by atoms with Crippen molar-refractivity contribution in [2.75, 3.05) is 19.6 Å². The maximum atomic E-state index is 11.5. The molecule has 1 fully saturated rings. The lowest BCUT2D eigenvalue weighted by molar-refractivity contribution is -0.196. The van der Waals surface area contributed by atoms with Crippen LogP contribution in [0.1, 0.15) is 47.0 Å². The van der Waals surface area contributed by atoms with Gasteiger partial charge in [-0.1, -0.05) is 6.92 Å². The fourth-order valence-electron chi connectivity index (χ4n) is 1.96. The number of nitrogens with zero attached hydrogens (tertiary/aromatic N) is 1. The molecule has 0 saturated carbocycles. The van der Waals surface area contributed by atoms with Crippen molar-refractivity contribution in [1.82, 2.24) is 10.4 Å². The molecule has 0 aromatic heterocycles. The van der Waals surface area contributed by atoms with Gasteiger partial charge in [0.15, 0.2) is 0 Å². The number of alkyl carbamates (subject to hydrolysis) is 1. The van der Waals surface area contributed by atoms with E-state index in [0.717, 1.165) is 12.8 Å². The van der Waals surface area contributed by atoms with Crippen LogP contribution in [0.5, 0.6) is 0 Å². The highest BCUT2D eigenvalue weighted by Crippen LogP contribution is 2.17. The largest absolute Gasteiger partial charge is 0.444 e. The van der Waals surface area contributed by atoms with Crippen molar-refractivity contribution in [3.63, 3.8) is 0 Å². The Kier molecular flexibility index (Phi) is 6.26. The van der Waals surface area contributed by atoms with E-state index in [1.165, 1.54) is 0 Å². The van der Waals surface area contributed by atoms with E-state index in [9.17, 15) is 9.59 Å². The van der Waals surface area contributed by atoms with Gasteiger partial charge >= 0.3 is 12.1 Å². The molecule has 6 heteroatoms. The second-order valence-electron chi connectivity index (χ2n) is 6.07. The van der Waals surface area contributed by atoms with Crippen molar-refractivity contribution in [3.8, 4) is 0 Å². The maximum absolute atomic E-state index is 11.5. The van der Waals surface area contributed by atoms with E-state index in [0.29, 0.717) is 32.0 Å². The van der Waals surface area contributed by atoms with Crippen LogP contribution in [-0.2, 0) is 14.4 Å². The van der Waals surface area contributed by atoms with Crippen LogP contribution in [-0.4, -0.2) is 42.4 Å². The van der Waals surface area contributed by atoms with Crippen molar-refractivity contribution in [2.45, 2.75) is 52.6 Å². The van der Waals surface area contributed by atoms with Crippen LogP contribution in [0.4, 0.5) is 4.79 Å². The quantitative estimate of drug-likeness (QED) is 0.857. The first kappa shape index (κ1) is 16.8. The average Bonchev–Trinajstić information content (AvgIpc) is 2.36. The van der Waals surface area contributed by atoms with Crippen molar-refractivity contribution in [1.29, 1.82) is 0 Å². The summed E-state index contributed by atoms with van der Waals surface area (Å²) in [5, 5.41) is 4.49. The normalized spacial score (nSPS) is 17.6. The van der Waals surface area contributed by atoms with Crippen molar-refractivity contribution >= 4 is 12.1 Å². The number of amides is 1. The monoisotopic (exact) mass is 286 g/mol. The third kappa shape index (κ3) is 6.75. The molecule has 116 valence electrons. The lowest BCUT2D eigenvalue weighted by Crippen LogP contribution is -2.40. The summed E-state index contributed by atoms with van der Waals surface area (Å²) in [6.07, 6.45) is 1.80. The van der Waals surface area contributed by atoms with E-state index in [1.54, 1.807) is 12.0 Å². The Morgan fingerprint density at radius 3 is 2.35 bits per heavy atom. The molecule has 1 aliphatic heterocycles. The highest BCUT2D eigenvalue weighted by atomic mass is 16.7. The molecule has 1 heterocycles. The molecule has 20 heavy (non-hydrogen) atoms. The van der Waals surface area contributed by atoms with Crippen LogP contribution in [0.2, 0.25) is 0 Å². The summed E-state index contributed by atoms with van der Waals surface area (Å²) in [6, 6.07) is 0. The van der Waals surface area contributed by atoms with E-state index in [2.05, 4.69) is 5.32 Å². The van der Waals surface area contributed by atoms with E-state index in [1.807, 2.05) is 20.8 Å². The van der Waals surface area contributed by atoms with Crippen LogP contribution < -0.4 is 5.32 Å². The summed E-state index contributed by atoms with van der Waals surface area (Å²) in [7, 11) is 0. The van der Waals surface area contributed by atoms with Gasteiger partial charge in [-0.3, -0.25) is 4.79 Å². The molecule has 1 N–H and O–H groups in total. The topological polar surface area (TPSA) is 67.9 Å². The molecule has 0 unspecified atom stereocenters. The molecule has 6 nitrogen and oxygen atoms in total. The van der Waals surface area contributed by atoms with Crippen molar-refractivity contribution < 1.29 is 19.2 Å². The Hall–Kier alpha value is -1.30. The van der Waals surface area contributed by atoms with E-state index < -0.39 is 5.60 Å². The van der Waals surface area contributed by atoms with Crippen LogP contribution in [0.15, 0.2) is 0 Å². The summed E-state index contributed by atoms with van der Waals surface area (Å²) in [5.41, 5.74) is -0.470. The number of ether oxygens (including phenoxy) is 1. The molecule has 0 aromatic rings. The zero-order valence-electron chi connectivity index (χ0n) is 12.9. The highest BCUT2D eigenvalue weighted by molar-refractivity contribution is 5.68. The first-order chi connectivity index (χ1) is 9.30. The van der Waals surface area contributed by atoms with Gasteiger partial charge in [0.25, 0.3) is 0 Å². The van der Waals surface area contributed by atoms with Gasteiger partial charge in [0.05, 0.1) is 0 Å². The molecule has 0 spiro atoms. The molecule has 1 aliphatic rings. The average molecular weight is 286 g/mol.